The van der Waals surface area contributed by atoms with Gasteiger partial charge in [-0.25, -0.2) is 4.98 Å². The van der Waals surface area contributed by atoms with Crippen molar-refractivity contribution in [2.45, 2.75) is 39.7 Å². The zero-order valence-electron chi connectivity index (χ0n) is 21.0. The minimum Gasteiger partial charge on any atom is -0.483 e. The highest BCUT2D eigenvalue weighted by molar-refractivity contribution is 6.10. The average Bonchev–Trinajstić information content (AvgIpc) is 3.20. The summed E-state index contributed by atoms with van der Waals surface area (Å²) < 4.78 is 8.08. The molecule has 4 aromatic rings. The summed E-state index contributed by atoms with van der Waals surface area (Å²) in [5, 5.41) is 30.0. The van der Waals surface area contributed by atoms with Crippen LogP contribution in [-0.2, 0) is 0 Å². The van der Waals surface area contributed by atoms with Crippen LogP contribution in [-0.4, -0.2) is 50.2 Å². The van der Waals surface area contributed by atoms with Crippen molar-refractivity contribution in [1.82, 2.24) is 14.5 Å². The van der Waals surface area contributed by atoms with Gasteiger partial charge in [-0.15, -0.1) is 0 Å². The molecular weight excluding hydrogens is 470 g/mol. The van der Waals surface area contributed by atoms with Gasteiger partial charge in [-0.2, -0.15) is 0 Å². The number of fused-ring (bicyclic) bond motifs is 2. The number of aryl methyl sites for hydroxylation is 2. The first-order chi connectivity index (χ1) is 17.7. The molecule has 0 unspecified atom stereocenters. The summed E-state index contributed by atoms with van der Waals surface area (Å²) in [6, 6.07) is 12.9. The molecule has 0 radical (unpaired) electrons. The number of nitro benzene ring substituents is 1. The lowest BCUT2D eigenvalue weighted by molar-refractivity contribution is -0.384. The van der Waals surface area contributed by atoms with Gasteiger partial charge in [0.1, 0.15) is 17.8 Å². The van der Waals surface area contributed by atoms with E-state index in [1.54, 1.807) is 23.6 Å². The molecule has 190 valence electrons. The van der Waals surface area contributed by atoms with Crippen LogP contribution in [0, 0.1) is 34.8 Å². The number of hydrogen-bond acceptors (Lipinski definition) is 6. The third kappa shape index (κ3) is 4.14. The van der Waals surface area contributed by atoms with Crippen LogP contribution in [0.1, 0.15) is 36.7 Å². The van der Waals surface area contributed by atoms with Crippen LogP contribution in [0.3, 0.4) is 0 Å². The Hall–Kier alpha value is -4.47. The Morgan fingerprint density at radius 1 is 1.14 bits per heavy atom. The third-order valence-electron chi connectivity index (χ3n) is 7.05. The molecule has 4 N–H and O–H groups in total. The highest BCUT2D eigenvalue weighted by Gasteiger charge is 2.31. The van der Waals surface area contributed by atoms with Gasteiger partial charge >= 0.3 is 5.69 Å². The standard InChI is InChI=1S/C27H29N7O3/c1-15-14-23(37-18-10-12-32(13-11-18)16(2)28)25(34(35)36)26-24(15)31-17(3)33(26)22-9-8-21(27(29)30)19-6-4-5-7-20(19)22/h4-9,14,18,28H,10-13H2,1-3H3,(H3,29,30). The Morgan fingerprint density at radius 2 is 1.81 bits per heavy atom. The first-order valence-electron chi connectivity index (χ1n) is 12.2. The summed E-state index contributed by atoms with van der Waals surface area (Å²) in [5.41, 5.74) is 8.74. The molecule has 10 nitrogen and oxygen atoms in total. The van der Waals surface area contributed by atoms with Crippen LogP contribution >= 0.6 is 0 Å². The maximum Gasteiger partial charge on any atom is 0.336 e. The smallest absolute Gasteiger partial charge is 0.336 e. The van der Waals surface area contributed by atoms with Crippen LogP contribution in [0.15, 0.2) is 42.5 Å². The van der Waals surface area contributed by atoms with Gasteiger partial charge in [-0.3, -0.25) is 25.5 Å². The van der Waals surface area contributed by atoms with Crippen LogP contribution in [0.2, 0.25) is 0 Å². The zero-order valence-corrected chi connectivity index (χ0v) is 21.0. The van der Waals surface area contributed by atoms with E-state index in [4.69, 9.17) is 26.3 Å². The number of aromatic nitrogens is 2. The fourth-order valence-corrected chi connectivity index (χ4v) is 5.24. The van der Waals surface area contributed by atoms with Crippen molar-refractivity contribution in [2.75, 3.05) is 13.1 Å². The second-order valence-corrected chi connectivity index (χ2v) is 9.47. The van der Waals surface area contributed by atoms with Crippen molar-refractivity contribution < 1.29 is 9.66 Å². The normalized spacial score (nSPS) is 14.3. The van der Waals surface area contributed by atoms with Crippen LogP contribution in [0.4, 0.5) is 5.69 Å². The molecule has 1 aliphatic rings. The maximum absolute atomic E-state index is 12.5. The predicted molar refractivity (Wildman–Crippen MR) is 144 cm³/mol. The number of imidazole rings is 1. The summed E-state index contributed by atoms with van der Waals surface area (Å²) in [7, 11) is 0. The lowest BCUT2D eigenvalue weighted by Crippen LogP contribution is -2.40. The number of amidine groups is 2. The van der Waals surface area contributed by atoms with Gasteiger partial charge in [0.05, 0.1) is 22.0 Å². The van der Waals surface area contributed by atoms with E-state index in [0.29, 0.717) is 54.2 Å². The number of nitro groups is 1. The number of ether oxygens (including phenoxy) is 1. The average molecular weight is 500 g/mol. The van der Waals surface area contributed by atoms with E-state index in [0.717, 1.165) is 22.0 Å². The summed E-state index contributed by atoms with van der Waals surface area (Å²) in [6.45, 7) is 6.83. The summed E-state index contributed by atoms with van der Waals surface area (Å²) >= 11 is 0. The van der Waals surface area contributed by atoms with Gasteiger partial charge in [0.15, 0.2) is 11.3 Å². The van der Waals surface area contributed by atoms with E-state index in [2.05, 4.69) is 0 Å². The second-order valence-electron chi connectivity index (χ2n) is 9.47. The number of benzene rings is 3. The van der Waals surface area contributed by atoms with E-state index in [9.17, 15) is 10.1 Å². The van der Waals surface area contributed by atoms with E-state index in [1.807, 2.05) is 49.1 Å². The zero-order chi connectivity index (χ0) is 26.4. The molecule has 0 amide bonds. The van der Waals surface area contributed by atoms with Crippen molar-refractivity contribution in [3.63, 3.8) is 0 Å². The predicted octanol–water partition coefficient (Wildman–Crippen LogP) is 4.83. The van der Waals surface area contributed by atoms with Crippen molar-refractivity contribution >= 4 is 39.2 Å². The van der Waals surface area contributed by atoms with Gasteiger partial charge in [0.2, 0.25) is 0 Å². The number of hydrogen-bond donors (Lipinski definition) is 3. The van der Waals surface area contributed by atoms with Crippen LogP contribution < -0.4 is 10.5 Å². The summed E-state index contributed by atoms with van der Waals surface area (Å²) in [6.07, 6.45) is 1.18. The number of nitrogens with one attached hydrogen (secondary N) is 2. The van der Waals surface area contributed by atoms with Gasteiger partial charge in [0.25, 0.3) is 0 Å². The molecule has 37 heavy (non-hydrogen) atoms. The molecule has 0 atom stereocenters. The first-order valence-corrected chi connectivity index (χ1v) is 12.2. The van der Waals surface area contributed by atoms with Gasteiger partial charge in [-0.1, -0.05) is 24.3 Å². The Bertz CT molecular complexity index is 1580. The largest absolute Gasteiger partial charge is 0.483 e. The van der Waals surface area contributed by atoms with E-state index in [1.165, 1.54) is 0 Å². The van der Waals surface area contributed by atoms with Crippen molar-refractivity contribution in [3.8, 4) is 11.4 Å². The lowest BCUT2D eigenvalue weighted by Gasteiger charge is -2.32. The molecule has 10 heteroatoms. The second kappa shape index (κ2) is 9.20. The maximum atomic E-state index is 12.5. The lowest BCUT2D eigenvalue weighted by atomic mass is 10.0. The highest BCUT2D eigenvalue weighted by atomic mass is 16.6. The number of likely N-dealkylation sites (tertiary alicyclic amines) is 1. The highest BCUT2D eigenvalue weighted by Crippen LogP contribution is 2.41. The minimum atomic E-state index is -0.391. The molecular formula is C27H29N7O3. The fraction of sp³-hybridized carbons (Fsp3) is 0.296. The first kappa shape index (κ1) is 24.2. The molecule has 2 heterocycles. The molecule has 1 fully saturated rings. The molecule has 0 bridgehead atoms. The molecule has 0 spiro atoms. The Kier molecular flexibility index (Phi) is 6.02. The SMILES string of the molecule is CC(=N)N1CCC(Oc2cc(C)c3nc(C)n(-c4ccc(C(=N)N)c5ccccc45)c3c2[N+](=O)[O-])CC1. The van der Waals surface area contributed by atoms with E-state index in [-0.39, 0.29) is 23.4 Å². The molecule has 0 aliphatic carbocycles. The summed E-state index contributed by atoms with van der Waals surface area (Å²) in [5.74, 6) is 1.31. The van der Waals surface area contributed by atoms with Crippen LogP contribution in [0.5, 0.6) is 5.75 Å². The third-order valence-corrected chi connectivity index (χ3v) is 7.05. The quantitative estimate of drug-likeness (QED) is 0.155. The Balaban J connectivity index is 1.70. The van der Waals surface area contributed by atoms with Gasteiger partial charge in [-0.05, 0) is 49.9 Å². The molecule has 1 aromatic heterocycles. The molecule has 5 rings (SSSR count). The van der Waals surface area contributed by atoms with Crippen LogP contribution in [0.25, 0.3) is 27.5 Å². The van der Waals surface area contributed by atoms with E-state index >= 15 is 0 Å². The van der Waals surface area contributed by atoms with Crippen molar-refractivity contribution in [2.24, 2.45) is 5.73 Å². The van der Waals surface area contributed by atoms with E-state index < -0.39 is 4.92 Å². The number of piperidine rings is 1. The fourth-order valence-electron chi connectivity index (χ4n) is 5.24. The topological polar surface area (TPSA) is 147 Å². The Morgan fingerprint density at radius 3 is 2.43 bits per heavy atom. The van der Waals surface area contributed by atoms with Crippen molar-refractivity contribution in [3.05, 3.63) is 69.5 Å². The number of nitrogen functional groups attached to an aromatic ring is 1. The number of nitrogens with zero attached hydrogens (tertiary/aromatic N) is 4. The summed E-state index contributed by atoms with van der Waals surface area (Å²) in [4.78, 5) is 18.8. The molecule has 1 saturated heterocycles. The number of nitrogens with two attached hydrogens (primary N) is 1. The number of rotatable bonds is 5. The van der Waals surface area contributed by atoms with Crippen molar-refractivity contribution in [1.29, 1.82) is 10.8 Å². The molecule has 3 aromatic carbocycles. The molecule has 1 aliphatic heterocycles. The monoisotopic (exact) mass is 499 g/mol. The Labute approximate surface area is 213 Å². The minimum absolute atomic E-state index is 0.0447. The molecule has 0 saturated carbocycles. The van der Waals surface area contributed by atoms with Gasteiger partial charge in [0, 0.05) is 36.9 Å². The van der Waals surface area contributed by atoms with Gasteiger partial charge < -0.3 is 15.4 Å².